The average Bonchev–Trinajstić information content (AvgIpc) is 3.23. The number of piperidine rings is 1. The van der Waals surface area contributed by atoms with Crippen molar-refractivity contribution in [2.45, 2.75) is 32.0 Å². The molecule has 2 aliphatic heterocycles. The molecule has 0 spiro atoms. The standard InChI is InChI=1S/C16H23N5S/c1-19-9-13(8-18-19)10-20-5-3-15-14(11-20)2-6-21(15)12-16-17-4-7-22-16/h4,7-9,14-15H,2-3,5-6,10-12H2,1H3. The fourth-order valence-electron chi connectivity index (χ4n) is 4.01. The third-order valence-electron chi connectivity index (χ3n) is 5.02. The number of aromatic nitrogens is 3. The van der Waals surface area contributed by atoms with Crippen LogP contribution in [0.25, 0.3) is 0 Å². The Labute approximate surface area is 135 Å². The SMILES string of the molecule is Cn1cc(CN2CCC3C(CCN3Cc3nccs3)C2)cn1. The maximum Gasteiger partial charge on any atom is 0.107 e. The molecule has 2 saturated heterocycles. The highest BCUT2D eigenvalue weighted by molar-refractivity contribution is 7.09. The van der Waals surface area contributed by atoms with Gasteiger partial charge in [-0.3, -0.25) is 14.5 Å². The van der Waals surface area contributed by atoms with E-state index < -0.39 is 0 Å². The molecule has 6 heteroatoms. The van der Waals surface area contributed by atoms with E-state index in [0.29, 0.717) is 0 Å². The lowest BCUT2D eigenvalue weighted by Gasteiger charge is -2.37. The Morgan fingerprint density at radius 2 is 2.23 bits per heavy atom. The first-order valence-electron chi connectivity index (χ1n) is 8.10. The molecule has 0 aromatic carbocycles. The van der Waals surface area contributed by atoms with Gasteiger partial charge in [0.15, 0.2) is 0 Å². The van der Waals surface area contributed by atoms with Crippen molar-refractivity contribution in [2.75, 3.05) is 19.6 Å². The molecule has 0 aliphatic carbocycles. The summed E-state index contributed by atoms with van der Waals surface area (Å²) in [6.45, 7) is 5.75. The van der Waals surface area contributed by atoms with Gasteiger partial charge in [0, 0.05) is 49.5 Å². The molecule has 4 rings (SSSR count). The monoisotopic (exact) mass is 317 g/mol. The highest BCUT2D eigenvalue weighted by Gasteiger charge is 2.38. The number of thiazole rings is 1. The van der Waals surface area contributed by atoms with Gasteiger partial charge >= 0.3 is 0 Å². The Hall–Kier alpha value is -1.24. The minimum absolute atomic E-state index is 0.758. The second-order valence-corrected chi connectivity index (χ2v) is 7.54. The topological polar surface area (TPSA) is 37.2 Å². The van der Waals surface area contributed by atoms with Crippen molar-refractivity contribution in [1.82, 2.24) is 24.6 Å². The van der Waals surface area contributed by atoms with Crippen molar-refractivity contribution in [2.24, 2.45) is 13.0 Å². The summed E-state index contributed by atoms with van der Waals surface area (Å²) in [6.07, 6.45) is 8.67. The molecule has 2 atom stereocenters. The van der Waals surface area contributed by atoms with Crippen molar-refractivity contribution >= 4 is 11.3 Å². The van der Waals surface area contributed by atoms with Crippen molar-refractivity contribution in [3.63, 3.8) is 0 Å². The van der Waals surface area contributed by atoms with Crippen LogP contribution < -0.4 is 0 Å². The predicted molar refractivity (Wildman–Crippen MR) is 87.5 cm³/mol. The fraction of sp³-hybridized carbons (Fsp3) is 0.625. The van der Waals surface area contributed by atoms with Crippen LogP contribution in [0.1, 0.15) is 23.4 Å². The Morgan fingerprint density at radius 1 is 1.27 bits per heavy atom. The van der Waals surface area contributed by atoms with Crippen LogP contribution in [0.3, 0.4) is 0 Å². The van der Waals surface area contributed by atoms with Crippen molar-refractivity contribution in [3.05, 3.63) is 34.5 Å². The van der Waals surface area contributed by atoms with Crippen LogP contribution in [-0.2, 0) is 20.1 Å². The van der Waals surface area contributed by atoms with Crippen LogP contribution in [-0.4, -0.2) is 50.2 Å². The highest BCUT2D eigenvalue weighted by Crippen LogP contribution is 2.33. The number of likely N-dealkylation sites (tertiary alicyclic amines) is 2. The molecule has 4 heterocycles. The summed E-state index contributed by atoms with van der Waals surface area (Å²) in [4.78, 5) is 9.71. The van der Waals surface area contributed by atoms with Crippen LogP contribution in [0.4, 0.5) is 0 Å². The summed E-state index contributed by atoms with van der Waals surface area (Å²) >= 11 is 1.78. The zero-order chi connectivity index (χ0) is 14.9. The normalized spacial score (nSPS) is 26.4. The molecule has 2 fully saturated rings. The molecule has 0 N–H and O–H groups in total. The third kappa shape index (κ3) is 2.95. The molecular weight excluding hydrogens is 294 g/mol. The molecule has 2 aromatic heterocycles. The number of rotatable bonds is 4. The number of hydrogen-bond acceptors (Lipinski definition) is 5. The second kappa shape index (κ2) is 6.10. The van der Waals surface area contributed by atoms with Gasteiger partial charge in [-0.2, -0.15) is 5.10 Å². The molecule has 0 bridgehead atoms. The lowest BCUT2D eigenvalue weighted by molar-refractivity contribution is 0.103. The maximum absolute atomic E-state index is 4.45. The van der Waals surface area contributed by atoms with Gasteiger partial charge in [-0.1, -0.05) is 0 Å². The number of aryl methyl sites for hydroxylation is 1. The molecular formula is C16H23N5S. The first-order chi connectivity index (χ1) is 10.8. The van der Waals surface area contributed by atoms with Crippen LogP contribution in [0.15, 0.2) is 24.0 Å². The van der Waals surface area contributed by atoms with E-state index in [4.69, 9.17) is 0 Å². The van der Waals surface area contributed by atoms with E-state index in [2.05, 4.69) is 31.5 Å². The summed E-state index contributed by atoms with van der Waals surface area (Å²) in [5, 5.41) is 7.62. The molecule has 22 heavy (non-hydrogen) atoms. The van der Waals surface area contributed by atoms with Gasteiger partial charge in [0.2, 0.25) is 0 Å². The largest absolute Gasteiger partial charge is 0.299 e. The number of fused-ring (bicyclic) bond motifs is 1. The highest BCUT2D eigenvalue weighted by atomic mass is 32.1. The molecule has 5 nitrogen and oxygen atoms in total. The molecule has 2 aromatic rings. The second-order valence-electron chi connectivity index (χ2n) is 6.56. The summed E-state index contributed by atoms with van der Waals surface area (Å²) in [5.41, 5.74) is 1.33. The van der Waals surface area contributed by atoms with E-state index >= 15 is 0 Å². The van der Waals surface area contributed by atoms with Gasteiger partial charge in [0.25, 0.3) is 0 Å². The maximum atomic E-state index is 4.45. The molecule has 0 saturated carbocycles. The minimum atomic E-state index is 0.758. The third-order valence-corrected chi connectivity index (χ3v) is 5.78. The van der Waals surface area contributed by atoms with E-state index in [9.17, 15) is 0 Å². The van der Waals surface area contributed by atoms with Gasteiger partial charge in [0.05, 0.1) is 12.7 Å². The molecule has 2 aliphatic rings. The van der Waals surface area contributed by atoms with E-state index in [0.717, 1.165) is 25.0 Å². The average molecular weight is 317 g/mol. The Balaban J connectivity index is 1.35. The lowest BCUT2D eigenvalue weighted by atomic mass is 9.92. The number of hydrogen-bond donors (Lipinski definition) is 0. The van der Waals surface area contributed by atoms with E-state index in [1.54, 1.807) is 11.3 Å². The molecule has 2 unspecified atom stereocenters. The van der Waals surface area contributed by atoms with Crippen LogP contribution >= 0.6 is 11.3 Å². The minimum Gasteiger partial charge on any atom is -0.299 e. The lowest BCUT2D eigenvalue weighted by Crippen LogP contribution is -2.45. The molecule has 0 radical (unpaired) electrons. The van der Waals surface area contributed by atoms with Crippen LogP contribution in [0, 0.1) is 5.92 Å². The van der Waals surface area contributed by atoms with Gasteiger partial charge in [-0.15, -0.1) is 11.3 Å². The van der Waals surface area contributed by atoms with Gasteiger partial charge in [-0.25, -0.2) is 4.98 Å². The fourth-order valence-corrected chi connectivity index (χ4v) is 4.65. The quantitative estimate of drug-likeness (QED) is 0.864. The number of nitrogens with zero attached hydrogens (tertiary/aromatic N) is 5. The Morgan fingerprint density at radius 3 is 3.00 bits per heavy atom. The van der Waals surface area contributed by atoms with Crippen LogP contribution in [0.2, 0.25) is 0 Å². The van der Waals surface area contributed by atoms with Crippen molar-refractivity contribution in [3.8, 4) is 0 Å². The zero-order valence-electron chi connectivity index (χ0n) is 13.1. The predicted octanol–water partition coefficient (Wildman–Crippen LogP) is 1.97. The first kappa shape index (κ1) is 14.4. The van der Waals surface area contributed by atoms with Crippen molar-refractivity contribution < 1.29 is 0 Å². The van der Waals surface area contributed by atoms with Crippen molar-refractivity contribution in [1.29, 1.82) is 0 Å². The first-order valence-corrected chi connectivity index (χ1v) is 8.98. The summed E-state index contributed by atoms with van der Waals surface area (Å²) in [5.74, 6) is 0.824. The molecule has 118 valence electrons. The van der Waals surface area contributed by atoms with Gasteiger partial charge < -0.3 is 0 Å². The summed E-state index contributed by atoms with van der Waals surface area (Å²) in [7, 11) is 1.99. The van der Waals surface area contributed by atoms with E-state index in [1.165, 1.54) is 43.0 Å². The summed E-state index contributed by atoms with van der Waals surface area (Å²) < 4.78 is 1.90. The smallest absolute Gasteiger partial charge is 0.107 e. The molecule has 0 amide bonds. The zero-order valence-corrected chi connectivity index (χ0v) is 13.9. The Kier molecular flexibility index (Phi) is 3.98. The van der Waals surface area contributed by atoms with Crippen LogP contribution in [0.5, 0.6) is 0 Å². The van der Waals surface area contributed by atoms with E-state index in [-0.39, 0.29) is 0 Å². The van der Waals surface area contributed by atoms with Gasteiger partial charge in [0.1, 0.15) is 5.01 Å². The van der Waals surface area contributed by atoms with E-state index in [1.807, 2.05) is 24.1 Å². The van der Waals surface area contributed by atoms with Gasteiger partial charge in [-0.05, 0) is 31.8 Å². The Bertz CT molecular complexity index is 608. The summed E-state index contributed by atoms with van der Waals surface area (Å²) in [6, 6.07) is 0.758.